The van der Waals surface area contributed by atoms with Crippen molar-refractivity contribution in [2.45, 2.75) is 12.8 Å². The quantitative estimate of drug-likeness (QED) is 0.777. The van der Waals surface area contributed by atoms with Gasteiger partial charge in [0.15, 0.2) is 0 Å². The predicted octanol–water partition coefficient (Wildman–Crippen LogP) is 4.04. The van der Waals surface area contributed by atoms with Gasteiger partial charge in [-0.3, -0.25) is 4.79 Å². The zero-order valence-corrected chi connectivity index (χ0v) is 12.1. The van der Waals surface area contributed by atoms with E-state index >= 15 is 0 Å². The number of amides is 1. The molecule has 2 aromatic rings. The van der Waals surface area contributed by atoms with Crippen LogP contribution in [0.4, 0.5) is 5.69 Å². The highest BCUT2D eigenvalue weighted by molar-refractivity contribution is 9.10. The number of para-hydroxylation sites is 1. The molecule has 3 rings (SSSR count). The second kappa shape index (κ2) is 5.17. The van der Waals surface area contributed by atoms with Crippen LogP contribution in [0.25, 0.3) is 0 Å². The maximum Gasteiger partial charge on any atom is 0.259 e. The Morgan fingerprint density at radius 2 is 1.79 bits per heavy atom. The van der Waals surface area contributed by atoms with Crippen LogP contribution in [0, 0.1) is 0 Å². The number of anilines is 1. The van der Waals surface area contributed by atoms with Crippen LogP contribution in [-0.2, 0) is 6.42 Å². The first-order valence-electron chi connectivity index (χ1n) is 6.41. The van der Waals surface area contributed by atoms with Crippen LogP contribution in [0.2, 0.25) is 0 Å². The van der Waals surface area contributed by atoms with Crippen molar-refractivity contribution in [3.63, 3.8) is 0 Å². The molecule has 0 aliphatic carbocycles. The number of rotatable bonds is 1. The number of aryl methyl sites for hydroxylation is 1. The molecule has 0 spiro atoms. The van der Waals surface area contributed by atoms with Gasteiger partial charge in [-0.15, -0.1) is 0 Å². The summed E-state index contributed by atoms with van der Waals surface area (Å²) in [6.45, 7) is 0.789. The molecule has 0 radical (unpaired) electrons. The summed E-state index contributed by atoms with van der Waals surface area (Å²) in [5.74, 6) is 0.0691. The SMILES string of the molecule is O=C(c1ccccc1Br)N1CCCc2ccccc21. The van der Waals surface area contributed by atoms with E-state index in [0.29, 0.717) is 0 Å². The average molecular weight is 316 g/mol. The van der Waals surface area contributed by atoms with Crippen LogP contribution in [0.1, 0.15) is 22.3 Å². The monoisotopic (exact) mass is 315 g/mol. The molecule has 2 nitrogen and oxygen atoms in total. The Labute approximate surface area is 121 Å². The summed E-state index contributed by atoms with van der Waals surface area (Å²) >= 11 is 3.46. The van der Waals surface area contributed by atoms with E-state index < -0.39 is 0 Å². The predicted molar refractivity (Wildman–Crippen MR) is 80.6 cm³/mol. The number of hydrogen-bond acceptors (Lipinski definition) is 1. The van der Waals surface area contributed by atoms with Gasteiger partial charge in [0.1, 0.15) is 0 Å². The molecule has 0 bridgehead atoms. The van der Waals surface area contributed by atoms with Gasteiger partial charge in [-0.05, 0) is 52.5 Å². The number of halogens is 1. The molecular weight excluding hydrogens is 302 g/mol. The summed E-state index contributed by atoms with van der Waals surface area (Å²) in [6.07, 6.45) is 2.07. The summed E-state index contributed by atoms with van der Waals surface area (Å²) in [4.78, 5) is 14.6. The van der Waals surface area contributed by atoms with Crippen LogP contribution in [0.5, 0.6) is 0 Å². The Morgan fingerprint density at radius 3 is 2.63 bits per heavy atom. The van der Waals surface area contributed by atoms with E-state index in [0.717, 1.165) is 35.1 Å². The van der Waals surface area contributed by atoms with E-state index in [1.54, 1.807) is 0 Å². The number of hydrogen-bond donors (Lipinski definition) is 0. The first-order chi connectivity index (χ1) is 9.27. The Kier molecular flexibility index (Phi) is 3.38. The lowest BCUT2D eigenvalue weighted by Crippen LogP contribution is -2.35. The molecule has 1 heterocycles. The molecule has 0 saturated heterocycles. The van der Waals surface area contributed by atoms with Crippen LogP contribution in [0.3, 0.4) is 0 Å². The molecule has 2 aromatic carbocycles. The summed E-state index contributed by atoms with van der Waals surface area (Å²) in [7, 11) is 0. The normalized spacial score (nSPS) is 14.1. The molecule has 0 aromatic heterocycles. The first-order valence-corrected chi connectivity index (χ1v) is 7.21. The van der Waals surface area contributed by atoms with Crippen molar-refractivity contribution in [3.8, 4) is 0 Å². The third-order valence-electron chi connectivity index (χ3n) is 3.46. The fraction of sp³-hybridized carbons (Fsp3) is 0.188. The van der Waals surface area contributed by atoms with Gasteiger partial charge >= 0.3 is 0 Å². The van der Waals surface area contributed by atoms with E-state index in [4.69, 9.17) is 0 Å². The molecular formula is C16H14BrNO. The second-order valence-corrected chi connectivity index (χ2v) is 5.52. The van der Waals surface area contributed by atoms with E-state index in [2.05, 4.69) is 22.0 Å². The first kappa shape index (κ1) is 12.4. The molecule has 0 saturated carbocycles. The van der Waals surface area contributed by atoms with Crippen molar-refractivity contribution in [1.29, 1.82) is 0 Å². The lowest BCUT2D eigenvalue weighted by atomic mass is 10.0. The van der Waals surface area contributed by atoms with Gasteiger partial charge in [-0.25, -0.2) is 0 Å². The molecule has 3 heteroatoms. The largest absolute Gasteiger partial charge is 0.308 e. The van der Waals surface area contributed by atoms with Crippen LogP contribution in [0.15, 0.2) is 53.0 Å². The van der Waals surface area contributed by atoms with Crippen LogP contribution in [-0.4, -0.2) is 12.5 Å². The minimum absolute atomic E-state index is 0.0691. The number of carbonyl (C=O) groups is 1. The van der Waals surface area contributed by atoms with Crippen molar-refractivity contribution in [3.05, 3.63) is 64.1 Å². The van der Waals surface area contributed by atoms with E-state index in [1.165, 1.54) is 5.56 Å². The second-order valence-electron chi connectivity index (χ2n) is 4.67. The number of carbonyl (C=O) groups excluding carboxylic acids is 1. The average Bonchev–Trinajstić information content (AvgIpc) is 2.46. The topological polar surface area (TPSA) is 20.3 Å². The highest BCUT2D eigenvalue weighted by atomic mass is 79.9. The molecule has 0 unspecified atom stereocenters. The van der Waals surface area contributed by atoms with Crippen LogP contribution < -0.4 is 4.90 Å². The fourth-order valence-corrected chi connectivity index (χ4v) is 2.98. The lowest BCUT2D eigenvalue weighted by molar-refractivity contribution is 0.0984. The van der Waals surface area contributed by atoms with Gasteiger partial charge in [0.25, 0.3) is 5.91 Å². The van der Waals surface area contributed by atoms with Gasteiger partial charge in [-0.1, -0.05) is 30.3 Å². The molecule has 1 amide bonds. The highest BCUT2D eigenvalue weighted by Crippen LogP contribution is 2.29. The smallest absolute Gasteiger partial charge is 0.259 e. The van der Waals surface area contributed by atoms with Crippen molar-refractivity contribution >= 4 is 27.5 Å². The zero-order valence-electron chi connectivity index (χ0n) is 10.5. The minimum atomic E-state index is 0.0691. The number of benzene rings is 2. The number of fused-ring (bicyclic) bond motifs is 1. The third-order valence-corrected chi connectivity index (χ3v) is 4.15. The molecule has 19 heavy (non-hydrogen) atoms. The Balaban J connectivity index is 2.00. The van der Waals surface area contributed by atoms with Crippen molar-refractivity contribution in [1.82, 2.24) is 0 Å². The molecule has 0 fully saturated rings. The third kappa shape index (κ3) is 2.30. The Morgan fingerprint density at radius 1 is 1.05 bits per heavy atom. The number of nitrogens with zero attached hydrogens (tertiary/aromatic N) is 1. The Bertz CT molecular complexity index is 624. The van der Waals surface area contributed by atoms with Gasteiger partial charge in [-0.2, -0.15) is 0 Å². The molecule has 96 valence electrons. The van der Waals surface area contributed by atoms with E-state index in [-0.39, 0.29) is 5.91 Å². The summed E-state index contributed by atoms with van der Waals surface area (Å²) in [6, 6.07) is 15.7. The van der Waals surface area contributed by atoms with Crippen molar-refractivity contribution in [2.24, 2.45) is 0 Å². The van der Waals surface area contributed by atoms with E-state index in [9.17, 15) is 4.79 Å². The molecule has 1 aliphatic rings. The minimum Gasteiger partial charge on any atom is -0.308 e. The molecule has 1 aliphatic heterocycles. The van der Waals surface area contributed by atoms with Crippen LogP contribution >= 0.6 is 15.9 Å². The maximum atomic E-state index is 12.7. The summed E-state index contributed by atoms with van der Waals surface area (Å²) < 4.78 is 0.850. The fourth-order valence-electron chi connectivity index (χ4n) is 2.52. The van der Waals surface area contributed by atoms with Gasteiger partial charge < -0.3 is 4.90 Å². The van der Waals surface area contributed by atoms with Gasteiger partial charge in [0.05, 0.1) is 5.56 Å². The standard InChI is InChI=1S/C16H14BrNO/c17-14-9-3-2-8-13(14)16(19)18-11-5-7-12-6-1-4-10-15(12)18/h1-4,6,8-10H,5,7,11H2. The maximum absolute atomic E-state index is 12.7. The van der Waals surface area contributed by atoms with Gasteiger partial charge in [0.2, 0.25) is 0 Å². The van der Waals surface area contributed by atoms with Gasteiger partial charge in [0, 0.05) is 16.7 Å². The molecule has 0 atom stereocenters. The lowest BCUT2D eigenvalue weighted by Gasteiger charge is -2.29. The van der Waals surface area contributed by atoms with Crippen molar-refractivity contribution < 1.29 is 4.79 Å². The summed E-state index contributed by atoms with van der Waals surface area (Å²) in [5, 5.41) is 0. The summed E-state index contributed by atoms with van der Waals surface area (Å²) in [5.41, 5.74) is 3.03. The zero-order chi connectivity index (χ0) is 13.2. The van der Waals surface area contributed by atoms with E-state index in [1.807, 2.05) is 47.4 Å². The van der Waals surface area contributed by atoms with Crippen molar-refractivity contribution in [2.75, 3.05) is 11.4 Å². The highest BCUT2D eigenvalue weighted by Gasteiger charge is 2.24. The Hall–Kier alpha value is -1.61. The molecule has 0 N–H and O–H groups in total.